The molecule has 2 amide bonds. The molecule has 1 atom stereocenters. The number of nitrogens with two attached hydrogens (primary N) is 1. The van der Waals surface area contributed by atoms with Crippen molar-refractivity contribution in [3.05, 3.63) is 70.7 Å². The summed E-state index contributed by atoms with van der Waals surface area (Å²) in [6.07, 6.45) is 0. The Kier molecular flexibility index (Phi) is 5.92. The molecule has 0 fully saturated rings. The van der Waals surface area contributed by atoms with Crippen LogP contribution >= 0.6 is 0 Å². The van der Waals surface area contributed by atoms with E-state index in [2.05, 4.69) is 9.71 Å². The van der Waals surface area contributed by atoms with E-state index >= 15 is 0 Å². The Hall–Kier alpha value is -3.73. The van der Waals surface area contributed by atoms with E-state index in [0.29, 0.717) is 5.56 Å². The molecular formula is C24H25FN4O5S. The number of hydrogen-bond donors (Lipinski definition) is 3. The van der Waals surface area contributed by atoms with E-state index in [0.717, 1.165) is 0 Å². The average molecular weight is 501 g/mol. The predicted molar refractivity (Wildman–Crippen MR) is 128 cm³/mol. The molecule has 4 N–H and O–H groups in total. The molecule has 184 valence electrons. The molecule has 35 heavy (non-hydrogen) atoms. The van der Waals surface area contributed by atoms with Crippen LogP contribution in [0, 0.1) is 11.2 Å². The number of benzene rings is 2. The van der Waals surface area contributed by atoms with Crippen LogP contribution in [0.15, 0.2) is 63.1 Å². The number of aliphatic hydroxyl groups is 1. The lowest BCUT2D eigenvalue weighted by Crippen LogP contribution is -2.43. The van der Waals surface area contributed by atoms with E-state index < -0.39 is 39.1 Å². The second-order valence-electron chi connectivity index (χ2n) is 9.51. The lowest BCUT2D eigenvalue weighted by atomic mass is 9.84. The van der Waals surface area contributed by atoms with E-state index in [-0.39, 0.29) is 46.3 Å². The van der Waals surface area contributed by atoms with Gasteiger partial charge in [0.25, 0.3) is 15.9 Å². The number of primary amides is 1. The van der Waals surface area contributed by atoms with Gasteiger partial charge in [0.1, 0.15) is 27.8 Å². The standard InChI is InChI=1S/C24H25FN4O5S/c1-24(2,3)22-20(31)18(23(32)29(22)12-13-7-9-14(25)10-8-13)19-15-5-4-6-16(27-11-17(26)30)21(15)35(33,34)28-19/h4-10,22,27,31H,11-12H2,1-3H3,(H2,26,30)/t22-/m1/s1. The van der Waals surface area contributed by atoms with E-state index in [1.54, 1.807) is 18.2 Å². The van der Waals surface area contributed by atoms with Gasteiger partial charge in [-0.3, -0.25) is 9.59 Å². The number of nitrogens with zero attached hydrogens (tertiary/aromatic N) is 2. The Morgan fingerprint density at radius 3 is 2.46 bits per heavy atom. The van der Waals surface area contributed by atoms with E-state index in [1.807, 2.05) is 20.8 Å². The summed E-state index contributed by atoms with van der Waals surface area (Å²) in [4.78, 5) is 26.1. The van der Waals surface area contributed by atoms with Crippen molar-refractivity contribution in [2.24, 2.45) is 15.5 Å². The molecule has 0 saturated heterocycles. The molecule has 4 rings (SSSR count). The molecule has 0 radical (unpaired) electrons. The van der Waals surface area contributed by atoms with E-state index in [1.165, 1.54) is 29.2 Å². The van der Waals surface area contributed by atoms with Gasteiger partial charge in [-0.05, 0) is 29.2 Å². The summed E-state index contributed by atoms with van der Waals surface area (Å²) in [5.74, 6) is -1.99. The first-order chi connectivity index (χ1) is 16.3. The number of carbonyl (C=O) groups is 2. The van der Waals surface area contributed by atoms with E-state index in [9.17, 15) is 27.5 Å². The highest BCUT2D eigenvalue weighted by atomic mass is 32.2. The SMILES string of the molecule is CC(C)(C)[C@H]1C(O)=C(C2=NS(=O)(=O)c3c(NCC(N)=O)cccc32)C(=O)N1Cc1ccc(F)cc1. The fraction of sp³-hybridized carbons (Fsp3) is 0.292. The van der Waals surface area contributed by atoms with Crippen LogP contribution in [0.1, 0.15) is 31.9 Å². The third-order valence-corrected chi connectivity index (χ3v) is 7.20. The van der Waals surface area contributed by atoms with Gasteiger partial charge >= 0.3 is 0 Å². The maximum absolute atomic E-state index is 13.6. The van der Waals surface area contributed by atoms with Crippen molar-refractivity contribution in [2.45, 2.75) is 38.3 Å². The summed E-state index contributed by atoms with van der Waals surface area (Å²) in [5, 5.41) is 13.9. The first-order valence-corrected chi connectivity index (χ1v) is 12.2. The van der Waals surface area contributed by atoms with Gasteiger partial charge in [0, 0.05) is 12.1 Å². The Labute approximate surface area is 202 Å². The highest BCUT2D eigenvalue weighted by Crippen LogP contribution is 2.42. The smallest absolute Gasteiger partial charge is 0.285 e. The third kappa shape index (κ3) is 4.39. The van der Waals surface area contributed by atoms with Crippen molar-refractivity contribution in [1.29, 1.82) is 0 Å². The fourth-order valence-corrected chi connectivity index (χ4v) is 5.80. The summed E-state index contributed by atoms with van der Waals surface area (Å²) in [6.45, 7) is 5.30. The van der Waals surface area contributed by atoms with Crippen molar-refractivity contribution in [3.8, 4) is 0 Å². The normalized spacial score (nSPS) is 19.1. The molecule has 2 aromatic carbocycles. The number of anilines is 1. The average Bonchev–Trinajstić information content (AvgIpc) is 3.17. The number of carbonyl (C=O) groups excluding carboxylic acids is 2. The molecule has 11 heteroatoms. The van der Waals surface area contributed by atoms with Gasteiger partial charge in [-0.15, -0.1) is 0 Å². The molecule has 0 saturated carbocycles. The first kappa shape index (κ1) is 24.4. The summed E-state index contributed by atoms with van der Waals surface area (Å²) >= 11 is 0. The zero-order valence-corrected chi connectivity index (χ0v) is 20.2. The summed E-state index contributed by atoms with van der Waals surface area (Å²) in [6, 6.07) is 9.36. The number of amides is 2. The van der Waals surface area contributed by atoms with Crippen LogP contribution in [-0.2, 0) is 26.2 Å². The number of nitrogens with one attached hydrogen (secondary N) is 1. The highest BCUT2D eigenvalue weighted by molar-refractivity contribution is 7.91. The second-order valence-corrected chi connectivity index (χ2v) is 11.0. The van der Waals surface area contributed by atoms with Crippen LogP contribution in [0.25, 0.3) is 0 Å². The van der Waals surface area contributed by atoms with Gasteiger partial charge in [-0.1, -0.05) is 45.0 Å². The largest absolute Gasteiger partial charge is 0.509 e. The van der Waals surface area contributed by atoms with Gasteiger partial charge in [0.2, 0.25) is 5.91 Å². The molecule has 9 nitrogen and oxygen atoms in total. The molecule has 2 aromatic rings. The van der Waals surface area contributed by atoms with Gasteiger partial charge in [-0.2, -0.15) is 12.8 Å². The number of rotatable bonds is 6. The van der Waals surface area contributed by atoms with Gasteiger partial charge in [0.05, 0.1) is 18.3 Å². The molecule has 0 spiro atoms. The van der Waals surface area contributed by atoms with Crippen LogP contribution in [-0.4, -0.2) is 48.5 Å². The lowest BCUT2D eigenvalue weighted by molar-refractivity contribution is -0.129. The number of sulfonamides is 1. The molecule has 0 bridgehead atoms. The predicted octanol–water partition coefficient (Wildman–Crippen LogP) is 2.48. The monoisotopic (exact) mass is 500 g/mol. The Morgan fingerprint density at radius 2 is 1.86 bits per heavy atom. The minimum Gasteiger partial charge on any atom is -0.509 e. The molecule has 2 heterocycles. The van der Waals surface area contributed by atoms with Crippen molar-refractivity contribution in [1.82, 2.24) is 4.90 Å². The Bertz CT molecular complexity index is 1390. The maximum Gasteiger partial charge on any atom is 0.285 e. The van der Waals surface area contributed by atoms with E-state index in [4.69, 9.17) is 5.73 Å². The zero-order chi connectivity index (χ0) is 25.7. The molecule has 0 unspecified atom stereocenters. The second kappa shape index (κ2) is 8.49. The summed E-state index contributed by atoms with van der Waals surface area (Å²) < 4.78 is 43.2. The minimum absolute atomic E-state index is 0.0711. The molecule has 0 aliphatic carbocycles. The fourth-order valence-electron chi connectivity index (χ4n) is 4.42. The van der Waals surface area contributed by atoms with Crippen LogP contribution in [0.2, 0.25) is 0 Å². The van der Waals surface area contributed by atoms with Crippen LogP contribution in [0.4, 0.5) is 10.1 Å². The highest BCUT2D eigenvalue weighted by Gasteiger charge is 2.49. The number of fused-ring (bicyclic) bond motifs is 1. The lowest BCUT2D eigenvalue weighted by Gasteiger charge is -2.35. The van der Waals surface area contributed by atoms with Gasteiger partial charge in [-0.25, -0.2) is 4.39 Å². The van der Waals surface area contributed by atoms with Gasteiger partial charge in [0.15, 0.2) is 0 Å². The third-order valence-electron chi connectivity index (χ3n) is 5.82. The molecule has 2 aliphatic rings. The van der Waals surface area contributed by atoms with Crippen molar-refractivity contribution < 1.29 is 27.5 Å². The Balaban J connectivity index is 1.81. The quantitative estimate of drug-likeness (QED) is 0.556. The Morgan fingerprint density at radius 1 is 1.20 bits per heavy atom. The van der Waals surface area contributed by atoms with Gasteiger partial charge < -0.3 is 21.1 Å². The topological polar surface area (TPSA) is 142 Å². The molecular weight excluding hydrogens is 475 g/mol. The van der Waals surface area contributed by atoms with Crippen molar-refractivity contribution in [2.75, 3.05) is 11.9 Å². The molecule has 0 aromatic heterocycles. The first-order valence-electron chi connectivity index (χ1n) is 10.8. The van der Waals surface area contributed by atoms with Crippen LogP contribution < -0.4 is 11.1 Å². The summed E-state index contributed by atoms with van der Waals surface area (Å²) in [5.41, 5.74) is 5.06. The number of hydrogen-bond acceptors (Lipinski definition) is 6. The van der Waals surface area contributed by atoms with Crippen molar-refractivity contribution in [3.63, 3.8) is 0 Å². The minimum atomic E-state index is -4.24. The summed E-state index contributed by atoms with van der Waals surface area (Å²) in [7, 11) is -4.24. The number of aliphatic hydroxyl groups excluding tert-OH is 1. The van der Waals surface area contributed by atoms with Crippen LogP contribution in [0.3, 0.4) is 0 Å². The van der Waals surface area contributed by atoms with Crippen LogP contribution in [0.5, 0.6) is 0 Å². The van der Waals surface area contributed by atoms with Crippen molar-refractivity contribution >= 4 is 33.2 Å². The zero-order valence-electron chi connectivity index (χ0n) is 19.4. The number of halogens is 1. The maximum atomic E-state index is 13.6. The molecule has 2 aliphatic heterocycles.